The molecular formula is C69H134O17P2. The van der Waals surface area contributed by atoms with Crippen LogP contribution >= 0.6 is 15.6 Å². The van der Waals surface area contributed by atoms with Crippen molar-refractivity contribution >= 4 is 39.5 Å². The van der Waals surface area contributed by atoms with Crippen molar-refractivity contribution in [3.05, 3.63) is 0 Å². The topological polar surface area (TPSA) is 237 Å². The maximum Gasteiger partial charge on any atom is 0.472 e. The minimum Gasteiger partial charge on any atom is -0.462 e. The number of carbonyl (C=O) groups excluding carboxylic acids is 4. The van der Waals surface area contributed by atoms with Gasteiger partial charge in [0.05, 0.1) is 26.4 Å². The molecule has 0 aliphatic rings. The zero-order chi connectivity index (χ0) is 64.9. The summed E-state index contributed by atoms with van der Waals surface area (Å²) in [5, 5.41) is 10.5. The Kier molecular flexibility index (Phi) is 61.1. The number of esters is 4. The quantitative estimate of drug-likeness (QED) is 0.0222. The van der Waals surface area contributed by atoms with Crippen molar-refractivity contribution in [2.24, 2.45) is 5.92 Å². The zero-order valence-electron chi connectivity index (χ0n) is 56.9. The van der Waals surface area contributed by atoms with Crippen LogP contribution in [-0.4, -0.2) is 96.7 Å². The smallest absolute Gasteiger partial charge is 0.462 e. The van der Waals surface area contributed by atoms with Crippen molar-refractivity contribution in [1.29, 1.82) is 0 Å². The van der Waals surface area contributed by atoms with Crippen LogP contribution in [0.15, 0.2) is 0 Å². The molecule has 19 heteroatoms. The fourth-order valence-electron chi connectivity index (χ4n) is 10.4. The van der Waals surface area contributed by atoms with Crippen molar-refractivity contribution in [3.8, 4) is 0 Å². The van der Waals surface area contributed by atoms with Gasteiger partial charge in [0.25, 0.3) is 0 Å². The summed E-state index contributed by atoms with van der Waals surface area (Å²) >= 11 is 0. The van der Waals surface area contributed by atoms with Gasteiger partial charge in [-0.05, 0) is 31.6 Å². The summed E-state index contributed by atoms with van der Waals surface area (Å²) in [6.45, 7) is 7.15. The zero-order valence-corrected chi connectivity index (χ0v) is 58.6. The van der Waals surface area contributed by atoms with Gasteiger partial charge < -0.3 is 33.8 Å². The van der Waals surface area contributed by atoms with E-state index in [9.17, 15) is 43.2 Å². The normalized spacial score (nSPS) is 14.4. The summed E-state index contributed by atoms with van der Waals surface area (Å²) in [6, 6.07) is 0. The van der Waals surface area contributed by atoms with Gasteiger partial charge in [-0.1, -0.05) is 304 Å². The van der Waals surface area contributed by atoms with Crippen LogP contribution in [0, 0.1) is 5.92 Å². The molecule has 3 unspecified atom stereocenters. The number of unbranched alkanes of at least 4 members (excludes halogenated alkanes) is 40. The van der Waals surface area contributed by atoms with Crippen molar-refractivity contribution in [3.63, 3.8) is 0 Å². The summed E-state index contributed by atoms with van der Waals surface area (Å²) in [7, 11) is -9.89. The highest BCUT2D eigenvalue weighted by Crippen LogP contribution is 2.45. The van der Waals surface area contributed by atoms with E-state index in [1.54, 1.807) is 0 Å². The van der Waals surface area contributed by atoms with Gasteiger partial charge in [-0.2, -0.15) is 0 Å². The number of rotatable bonds is 69. The maximum atomic E-state index is 13.0. The summed E-state index contributed by atoms with van der Waals surface area (Å²) in [6.07, 6.45) is 48.9. The van der Waals surface area contributed by atoms with Gasteiger partial charge in [0.15, 0.2) is 12.2 Å². The molecular weight excluding hydrogens is 1160 g/mol. The number of phosphoric acid groups is 2. The number of aliphatic hydroxyl groups is 1. The highest BCUT2D eigenvalue weighted by atomic mass is 31.2. The molecule has 0 saturated heterocycles. The van der Waals surface area contributed by atoms with E-state index >= 15 is 0 Å². The molecule has 0 aliphatic heterocycles. The third kappa shape index (κ3) is 61.6. The van der Waals surface area contributed by atoms with Gasteiger partial charge in [0, 0.05) is 25.7 Å². The molecule has 17 nitrogen and oxygen atoms in total. The molecule has 0 aromatic carbocycles. The van der Waals surface area contributed by atoms with Gasteiger partial charge in [-0.3, -0.25) is 37.3 Å². The first kappa shape index (κ1) is 86.1. The maximum absolute atomic E-state index is 13.0. The Bertz CT molecular complexity index is 1710. The largest absolute Gasteiger partial charge is 0.472 e. The number of ether oxygens (including phenoxy) is 4. The van der Waals surface area contributed by atoms with Gasteiger partial charge in [-0.15, -0.1) is 0 Å². The third-order valence-electron chi connectivity index (χ3n) is 16.4. The lowest BCUT2D eigenvalue weighted by molar-refractivity contribution is -0.161. The van der Waals surface area contributed by atoms with E-state index in [1.165, 1.54) is 173 Å². The molecule has 0 aliphatic carbocycles. The molecule has 0 spiro atoms. The average Bonchev–Trinajstić information content (AvgIpc) is 3.61. The van der Waals surface area contributed by atoms with Crippen molar-refractivity contribution < 1.29 is 80.2 Å². The number of hydrogen-bond donors (Lipinski definition) is 3. The van der Waals surface area contributed by atoms with E-state index in [0.717, 1.165) is 102 Å². The average molecular weight is 1300 g/mol. The molecule has 0 saturated carbocycles. The second kappa shape index (κ2) is 62.5. The SMILES string of the molecule is CCCCCCCCCCCCCCCCCCCCCC(=O)O[C@H](COC(=O)CCCCCCCCCCC(C)CC)COP(=O)(O)OC[C@@H](O)COP(=O)(O)OC[C@@H](COC(=O)CCCCCCC)OC(=O)CCCCCCCCCCCCCC. The summed E-state index contributed by atoms with van der Waals surface area (Å²) in [4.78, 5) is 72.2. The van der Waals surface area contributed by atoms with Crippen LogP contribution in [0.25, 0.3) is 0 Å². The van der Waals surface area contributed by atoms with E-state index in [1.807, 2.05) is 0 Å². The number of aliphatic hydroxyl groups excluding tert-OH is 1. The lowest BCUT2D eigenvalue weighted by atomic mass is 9.99. The van der Waals surface area contributed by atoms with Crippen molar-refractivity contribution in [2.75, 3.05) is 39.6 Å². The first-order valence-corrected chi connectivity index (χ1v) is 39.2. The highest BCUT2D eigenvalue weighted by molar-refractivity contribution is 7.47. The minimum absolute atomic E-state index is 0.106. The summed E-state index contributed by atoms with van der Waals surface area (Å²) in [5.74, 6) is -1.36. The molecule has 522 valence electrons. The monoisotopic (exact) mass is 1300 g/mol. The molecule has 88 heavy (non-hydrogen) atoms. The van der Waals surface area contributed by atoms with Crippen LogP contribution in [0.4, 0.5) is 0 Å². The Morgan fingerprint density at radius 3 is 0.807 bits per heavy atom. The van der Waals surface area contributed by atoms with Crippen molar-refractivity contribution in [2.45, 2.75) is 374 Å². The van der Waals surface area contributed by atoms with E-state index in [-0.39, 0.29) is 25.7 Å². The van der Waals surface area contributed by atoms with Crippen LogP contribution in [0.5, 0.6) is 0 Å². The lowest BCUT2D eigenvalue weighted by Crippen LogP contribution is -2.30. The van der Waals surface area contributed by atoms with E-state index in [0.29, 0.717) is 25.7 Å². The minimum atomic E-state index is -4.95. The third-order valence-corrected chi connectivity index (χ3v) is 18.3. The van der Waals surface area contributed by atoms with Crippen LogP contribution in [-0.2, 0) is 65.4 Å². The second-order valence-electron chi connectivity index (χ2n) is 25.2. The molecule has 3 N–H and O–H groups in total. The molecule has 0 aromatic rings. The molecule has 0 rings (SSSR count). The summed E-state index contributed by atoms with van der Waals surface area (Å²) in [5.41, 5.74) is 0. The number of hydrogen-bond acceptors (Lipinski definition) is 15. The van der Waals surface area contributed by atoms with Crippen LogP contribution in [0.2, 0.25) is 0 Å². The Morgan fingerprint density at radius 2 is 0.545 bits per heavy atom. The van der Waals surface area contributed by atoms with Gasteiger partial charge in [-0.25, -0.2) is 9.13 Å². The Labute approximate surface area is 537 Å². The molecule has 0 fully saturated rings. The van der Waals surface area contributed by atoms with E-state index in [4.69, 9.17) is 37.0 Å². The molecule has 0 radical (unpaired) electrons. The van der Waals surface area contributed by atoms with E-state index < -0.39 is 97.5 Å². The van der Waals surface area contributed by atoms with Crippen LogP contribution in [0.3, 0.4) is 0 Å². The Hall–Kier alpha value is -1.94. The first-order valence-electron chi connectivity index (χ1n) is 36.2. The molecule has 6 atom stereocenters. The van der Waals surface area contributed by atoms with Crippen molar-refractivity contribution in [1.82, 2.24) is 0 Å². The molecule has 0 bridgehead atoms. The second-order valence-corrected chi connectivity index (χ2v) is 28.1. The summed E-state index contributed by atoms with van der Waals surface area (Å²) < 4.78 is 68.0. The number of carbonyl (C=O) groups is 4. The van der Waals surface area contributed by atoms with Crippen LogP contribution < -0.4 is 0 Å². The predicted octanol–water partition coefficient (Wildman–Crippen LogP) is 19.7. The van der Waals surface area contributed by atoms with Gasteiger partial charge in [0.2, 0.25) is 0 Å². The Morgan fingerprint density at radius 1 is 0.318 bits per heavy atom. The van der Waals surface area contributed by atoms with Gasteiger partial charge >= 0.3 is 39.5 Å². The Balaban J connectivity index is 5.13. The fraction of sp³-hybridized carbons (Fsp3) is 0.942. The fourth-order valence-corrected chi connectivity index (χ4v) is 12.0. The standard InChI is InChI=1S/C69H134O17P2/c1-6-10-13-16-18-20-22-24-25-26-27-28-29-30-32-34-40-45-50-55-69(74)86-65(59-80-67(72)53-48-43-38-36-35-37-42-46-51-62(5)9-4)61-84-88(77,78)82-57-63(70)56-81-87(75,76)83-60-64(58-79-66(71)52-47-41-15-12-8-3)85-68(73)54-49-44-39-33-31-23-21-19-17-14-11-7-2/h62-65,70H,6-61H2,1-5H3,(H,75,76)(H,77,78)/t62?,63-,64+,65+/m0/s1. The van der Waals surface area contributed by atoms with Gasteiger partial charge in [0.1, 0.15) is 19.3 Å². The first-order chi connectivity index (χ1) is 42.6. The molecule has 0 heterocycles. The molecule has 0 amide bonds. The number of phosphoric ester groups is 2. The van der Waals surface area contributed by atoms with E-state index in [2.05, 4.69) is 34.6 Å². The lowest BCUT2D eigenvalue weighted by Gasteiger charge is -2.21. The molecule has 0 aromatic heterocycles. The highest BCUT2D eigenvalue weighted by Gasteiger charge is 2.30. The van der Waals surface area contributed by atoms with Crippen LogP contribution in [0.1, 0.15) is 356 Å². The predicted molar refractivity (Wildman–Crippen MR) is 354 cm³/mol.